The maximum absolute atomic E-state index is 11.8. The molecule has 8 heteroatoms. The van der Waals surface area contributed by atoms with E-state index in [1.54, 1.807) is 0 Å². The van der Waals surface area contributed by atoms with Gasteiger partial charge in [0, 0.05) is 19.0 Å². The van der Waals surface area contributed by atoms with Crippen molar-refractivity contribution in [2.45, 2.75) is 25.7 Å². The maximum atomic E-state index is 11.8. The second-order valence-corrected chi connectivity index (χ2v) is 7.60. The van der Waals surface area contributed by atoms with Gasteiger partial charge in [0.25, 0.3) is 0 Å². The van der Waals surface area contributed by atoms with Gasteiger partial charge in [0.2, 0.25) is 0 Å². The van der Waals surface area contributed by atoms with Gasteiger partial charge >= 0.3 is 16.2 Å². The molecule has 0 atom stereocenters. The molecule has 0 saturated carbocycles. The largest absolute Gasteiger partial charge is 0.478 e. The summed E-state index contributed by atoms with van der Waals surface area (Å²) in [5.41, 5.74) is 0.908. The Morgan fingerprint density at radius 3 is 2.53 bits per heavy atom. The van der Waals surface area contributed by atoms with Gasteiger partial charge in [-0.2, -0.15) is 12.7 Å². The van der Waals surface area contributed by atoms with E-state index in [0.717, 1.165) is 34.0 Å². The smallest absolute Gasteiger partial charge is 0.339 e. The number of carboxylic acid groups (broad SMARTS) is 1. The van der Waals surface area contributed by atoms with Crippen molar-refractivity contribution in [3.8, 4) is 0 Å². The van der Waals surface area contributed by atoms with Crippen LogP contribution in [-0.2, 0) is 23.1 Å². The number of nitrogens with zero attached hydrogens (tertiary/aromatic N) is 1. The summed E-state index contributed by atoms with van der Waals surface area (Å²) < 4.78 is 27.0. The van der Waals surface area contributed by atoms with Gasteiger partial charge in [0.1, 0.15) is 5.00 Å². The van der Waals surface area contributed by atoms with Crippen LogP contribution < -0.4 is 4.72 Å². The molecule has 0 unspecified atom stereocenters. The van der Waals surface area contributed by atoms with Gasteiger partial charge < -0.3 is 5.11 Å². The molecule has 1 aliphatic rings. The van der Waals surface area contributed by atoms with Crippen molar-refractivity contribution in [2.75, 3.05) is 18.8 Å². The summed E-state index contributed by atoms with van der Waals surface area (Å²) in [4.78, 5) is 12.4. The van der Waals surface area contributed by atoms with Gasteiger partial charge in [-0.1, -0.05) is 0 Å². The number of thiophene rings is 1. The number of carboxylic acids is 1. The van der Waals surface area contributed by atoms with Crippen molar-refractivity contribution in [1.82, 2.24) is 4.31 Å². The van der Waals surface area contributed by atoms with Crippen molar-refractivity contribution >= 4 is 32.5 Å². The Kier molecular flexibility index (Phi) is 3.84. The number of anilines is 1. The quantitative estimate of drug-likeness (QED) is 0.883. The third kappa shape index (κ3) is 2.75. The summed E-state index contributed by atoms with van der Waals surface area (Å²) in [7, 11) is -0.878. The van der Waals surface area contributed by atoms with Crippen LogP contribution in [0.4, 0.5) is 5.00 Å². The number of hydrogen-bond acceptors (Lipinski definition) is 4. The highest BCUT2D eigenvalue weighted by Gasteiger charge is 2.27. The zero-order valence-electron chi connectivity index (χ0n) is 10.8. The molecule has 1 aromatic heterocycles. The molecule has 1 heterocycles. The monoisotopic (exact) mass is 304 g/mol. The minimum atomic E-state index is -3.68. The fourth-order valence-corrected chi connectivity index (χ4v) is 4.21. The van der Waals surface area contributed by atoms with Crippen molar-refractivity contribution in [3.05, 3.63) is 16.0 Å². The first kappa shape index (κ1) is 14.3. The van der Waals surface area contributed by atoms with E-state index in [4.69, 9.17) is 0 Å². The van der Waals surface area contributed by atoms with Gasteiger partial charge in [-0.3, -0.25) is 4.72 Å². The van der Waals surface area contributed by atoms with Crippen molar-refractivity contribution in [1.29, 1.82) is 0 Å². The average Bonchev–Trinajstić information content (AvgIpc) is 2.65. The summed E-state index contributed by atoms with van der Waals surface area (Å²) >= 11 is 1.24. The summed E-state index contributed by atoms with van der Waals surface area (Å²) in [6, 6.07) is 0. The molecule has 2 N–H and O–H groups in total. The van der Waals surface area contributed by atoms with Gasteiger partial charge in [0.15, 0.2) is 0 Å². The minimum absolute atomic E-state index is 0.116. The Balaban J connectivity index is 2.46. The first-order valence-corrected chi connectivity index (χ1v) is 8.16. The summed E-state index contributed by atoms with van der Waals surface area (Å²) in [5.74, 6) is -1.07. The third-order valence-electron chi connectivity index (χ3n) is 3.09. The molecule has 19 heavy (non-hydrogen) atoms. The molecule has 0 fully saturated rings. The van der Waals surface area contributed by atoms with E-state index in [0.29, 0.717) is 6.42 Å². The molecular formula is C11H16N2O4S2. The van der Waals surface area contributed by atoms with Crippen molar-refractivity contribution < 1.29 is 18.3 Å². The molecule has 0 amide bonds. The lowest BCUT2D eigenvalue weighted by molar-refractivity contribution is 0.0697. The van der Waals surface area contributed by atoms with Crippen molar-refractivity contribution in [2.24, 2.45) is 0 Å². The fourth-order valence-electron chi connectivity index (χ4n) is 2.07. The normalized spacial score (nSPS) is 15.3. The summed E-state index contributed by atoms with van der Waals surface area (Å²) in [5, 5.41) is 9.52. The topological polar surface area (TPSA) is 86.7 Å². The van der Waals surface area contributed by atoms with Crippen LogP contribution in [-0.4, -0.2) is 37.9 Å². The summed E-state index contributed by atoms with van der Waals surface area (Å²) in [6.45, 7) is 0. The third-order valence-corrected chi connectivity index (χ3v) is 5.85. The lowest BCUT2D eigenvalue weighted by Gasteiger charge is -2.13. The zero-order valence-corrected chi connectivity index (χ0v) is 12.4. The molecule has 2 rings (SSSR count). The van der Waals surface area contributed by atoms with Crippen LogP contribution in [0.1, 0.15) is 33.6 Å². The molecule has 106 valence electrons. The van der Waals surface area contributed by atoms with Gasteiger partial charge in [-0.05, 0) is 31.2 Å². The predicted octanol–water partition coefficient (Wildman–Crippen LogP) is 1.54. The van der Waals surface area contributed by atoms with E-state index in [1.807, 2.05) is 0 Å². The van der Waals surface area contributed by atoms with E-state index in [1.165, 1.54) is 25.4 Å². The Morgan fingerprint density at radius 1 is 1.32 bits per heavy atom. The molecule has 0 radical (unpaired) electrons. The van der Waals surface area contributed by atoms with Crippen LogP contribution in [0, 0.1) is 0 Å². The highest BCUT2D eigenvalue weighted by Crippen LogP contribution is 2.38. The average molecular weight is 304 g/mol. The van der Waals surface area contributed by atoms with Crippen LogP contribution in [0.5, 0.6) is 0 Å². The standard InChI is InChI=1S/C11H16N2O4S2/c1-13(2)19(16,17)12-10-9(11(14)15)7-5-3-4-6-8(7)18-10/h12H,3-6H2,1-2H3,(H,14,15). The van der Waals surface area contributed by atoms with Gasteiger partial charge in [0.05, 0.1) is 5.56 Å². The Labute approximate surface area is 116 Å². The number of fused-ring (bicyclic) bond motifs is 1. The lowest BCUT2D eigenvalue weighted by Crippen LogP contribution is -2.29. The zero-order chi connectivity index (χ0) is 14.2. The molecule has 6 nitrogen and oxygen atoms in total. The summed E-state index contributed by atoms with van der Waals surface area (Å²) in [6.07, 6.45) is 3.50. The molecule has 0 spiro atoms. The van der Waals surface area contributed by atoms with Crippen LogP contribution in [0.25, 0.3) is 0 Å². The predicted molar refractivity (Wildman–Crippen MR) is 74.1 cm³/mol. The highest BCUT2D eigenvalue weighted by atomic mass is 32.2. The molecule has 0 bridgehead atoms. The van der Waals surface area contributed by atoms with Crippen LogP contribution in [0.2, 0.25) is 0 Å². The Bertz CT molecular complexity index is 604. The van der Waals surface area contributed by atoms with Crippen LogP contribution in [0.15, 0.2) is 0 Å². The maximum Gasteiger partial charge on any atom is 0.339 e. The molecule has 0 saturated heterocycles. The number of nitrogens with one attached hydrogen (secondary N) is 1. The second-order valence-electron chi connectivity index (χ2n) is 4.61. The molecule has 1 aliphatic carbocycles. The van der Waals surface area contributed by atoms with Crippen molar-refractivity contribution in [3.63, 3.8) is 0 Å². The van der Waals surface area contributed by atoms with E-state index < -0.39 is 16.2 Å². The number of aryl methyl sites for hydroxylation is 1. The molecule has 1 aromatic rings. The number of carbonyl (C=O) groups is 1. The van der Waals surface area contributed by atoms with Crippen LogP contribution >= 0.6 is 11.3 Å². The molecular weight excluding hydrogens is 288 g/mol. The van der Waals surface area contributed by atoms with E-state index >= 15 is 0 Å². The molecule has 0 aromatic carbocycles. The SMILES string of the molecule is CN(C)S(=O)(=O)Nc1sc2c(c1C(=O)O)CCCC2. The minimum Gasteiger partial charge on any atom is -0.478 e. The lowest BCUT2D eigenvalue weighted by atomic mass is 9.96. The first-order chi connectivity index (χ1) is 8.83. The first-order valence-electron chi connectivity index (χ1n) is 5.91. The highest BCUT2D eigenvalue weighted by molar-refractivity contribution is 7.90. The Morgan fingerprint density at radius 2 is 1.95 bits per heavy atom. The van der Waals surface area contributed by atoms with E-state index in [9.17, 15) is 18.3 Å². The van der Waals surface area contributed by atoms with E-state index in [2.05, 4.69) is 4.72 Å². The van der Waals surface area contributed by atoms with Gasteiger partial charge in [-0.15, -0.1) is 11.3 Å². The van der Waals surface area contributed by atoms with Crippen LogP contribution in [0.3, 0.4) is 0 Å². The number of rotatable bonds is 4. The van der Waals surface area contributed by atoms with E-state index in [-0.39, 0.29) is 10.6 Å². The fraction of sp³-hybridized carbons (Fsp3) is 0.545. The van der Waals surface area contributed by atoms with Gasteiger partial charge in [-0.25, -0.2) is 4.79 Å². The number of hydrogen-bond donors (Lipinski definition) is 2. The molecule has 0 aliphatic heterocycles. The Hall–Kier alpha value is -1.12. The number of aromatic carboxylic acids is 1. The second kappa shape index (κ2) is 5.10.